The number of nitrogens with one attached hydrogen (secondary N) is 1. The summed E-state index contributed by atoms with van der Waals surface area (Å²) >= 11 is 0. The van der Waals surface area contributed by atoms with Crippen LogP contribution in [0.1, 0.15) is 30.4 Å². The highest BCUT2D eigenvalue weighted by Gasteiger charge is 2.12. The molecule has 2 aromatic carbocycles. The number of hydrogen-bond acceptors (Lipinski definition) is 2. The van der Waals surface area contributed by atoms with Crippen molar-refractivity contribution in [1.29, 1.82) is 0 Å². The molecule has 0 radical (unpaired) electrons. The van der Waals surface area contributed by atoms with Crippen LogP contribution < -0.4 is 11.1 Å². The van der Waals surface area contributed by atoms with Crippen LogP contribution in [0.4, 0.5) is 0 Å². The van der Waals surface area contributed by atoms with E-state index in [-0.39, 0.29) is 0 Å². The number of nitrogens with two attached hydrogens (primary N) is 1. The van der Waals surface area contributed by atoms with Crippen LogP contribution in [0, 0.1) is 0 Å². The van der Waals surface area contributed by atoms with Crippen LogP contribution in [-0.2, 0) is 11.2 Å². The minimum absolute atomic E-state index is 0.312. The molecular formula is C21H29N3O. The average molecular weight is 339 g/mol. The number of hydrogen-bond donors (Lipinski definition) is 2. The van der Waals surface area contributed by atoms with E-state index >= 15 is 0 Å². The molecule has 0 saturated heterocycles. The van der Waals surface area contributed by atoms with Crippen molar-refractivity contribution in [2.45, 2.75) is 25.7 Å². The van der Waals surface area contributed by atoms with E-state index in [1.54, 1.807) is 0 Å². The lowest BCUT2D eigenvalue weighted by molar-refractivity contribution is 0.145. The highest BCUT2D eigenvalue weighted by molar-refractivity contribution is 5.77. The Hall–Kier alpha value is -2.33. The number of ether oxygens (including phenoxy) is 1. The highest BCUT2D eigenvalue weighted by atomic mass is 16.5. The summed E-state index contributed by atoms with van der Waals surface area (Å²) < 4.78 is 5.32. The first-order valence-corrected chi connectivity index (χ1v) is 9.00. The topological polar surface area (TPSA) is 59.6 Å². The quantitative estimate of drug-likeness (QED) is 0.396. The summed E-state index contributed by atoms with van der Waals surface area (Å²) in [7, 11) is 0. The molecule has 0 fully saturated rings. The van der Waals surface area contributed by atoms with Crippen molar-refractivity contribution >= 4 is 5.96 Å². The van der Waals surface area contributed by atoms with Crippen molar-refractivity contribution in [3.05, 3.63) is 71.8 Å². The van der Waals surface area contributed by atoms with Gasteiger partial charge in [0.2, 0.25) is 0 Å². The molecule has 1 atom stereocenters. The Bertz CT molecular complexity index is 614. The van der Waals surface area contributed by atoms with Crippen molar-refractivity contribution in [2.24, 2.45) is 10.7 Å². The first kappa shape index (κ1) is 19.0. The van der Waals surface area contributed by atoms with Gasteiger partial charge in [-0.25, -0.2) is 0 Å². The predicted octanol–water partition coefficient (Wildman–Crippen LogP) is 3.34. The molecule has 0 aromatic heterocycles. The maximum Gasteiger partial charge on any atom is 0.188 e. The van der Waals surface area contributed by atoms with Crippen LogP contribution in [0.3, 0.4) is 0 Å². The maximum absolute atomic E-state index is 6.01. The van der Waals surface area contributed by atoms with Crippen molar-refractivity contribution in [3.8, 4) is 0 Å². The van der Waals surface area contributed by atoms with Crippen LogP contribution in [-0.4, -0.2) is 32.3 Å². The van der Waals surface area contributed by atoms with E-state index in [2.05, 4.69) is 58.8 Å². The van der Waals surface area contributed by atoms with Gasteiger partial charge in [0.1, 0.15) is 0 Å². The minimum Gasteiger partial charge on any atom is -0.382 e. The Labute approximate surface area is 151 Å². The standard InChI is InChI=1S/C21H29N3O/c1-2-25-15-9-14-23-21(22)24-17-20(19-12-7-4-8-13-19)16-18-10-5-3-6-11-18/h3-8,10-13,20H,2,9,14-17H2,1H3,(H3,22,23,24). The lowest BCUT2D eigenvalue weighted by atomic mass is 9.92. The Morgan fingerprint density at radius 3 is 2.44 bits per heavy atom. The second-order valence-corrected chi connectivity index (χ2v) is 6.00. The van der Waals surface area contributed by atoms with E-state index in [1.807, 2.05) is 19.1 Å². The van der Waals surface area contributed by atoms with Gasteiger partial charge in [0.05, 0.1) is 0 Å². The monoisotopic (exact) mass is 339 g/mol. The third-order valence-corrected chi connectivity index (χ3v) is 4.05. The van der Waals surface area contributed by atoms with E-state index in [9.17, 15) is 0 Å². The summed E-state index contributed by atoms with van der Waals surface area (Å²) in [6.07, 6.45) is 1.88. The molecule has 4 nitrogen and oxygen atoms in total. The van der Waals surface area contributed by atoms with Crippen LogP contribution in [0.5, 0.6) is 0 Å². The van der Waals surface area contributed by atoms with Gasteiger partial charge in [-0.1, -0.05) is 60.7 Å². The molecule has 2 rings (SSSR count). The second kappa shape index (κ2) is 11.3. The normalized spacial score (nSPS) is 12.8. The number of guanidine groups is 1. The van der Waals surface area contributed by atoms with Gasteiger partial charge in [-0.05, 0) is 30.9 Å². The lowest BCUT2D eigenvalue weighted by Gasteiger charge is -2.16. The number of nitrogens with zero attached hydrogens (tertiary/aromatic N) is 1. The third kappa shape index (κ3) is 7.40. The molecule has 0 bridgehead atoms. The molecule has 1 unspecified atom stereocenters. The fraction of sp³-hybridized carbons (Fsp3) is 0.381. The summed E-state index contributed by atoms with van der Waals surface area (Å²) in [4.78, 5) is 4.56. The predicted molar refractivity (Wildman–Crippen MR) is 105 cm³/mol. The molecule has 134 valence electrons. The first-order chi connectivity index (χ1) is 12.3. The van der Waals surface area contributed by atoms with Gasteiger partial charge >= 0.3 is 0 Å². The summed E-state index contributed by atoms with van der Waals surface area (Å²) in [5, 5.41) is 3.16. The molecule has 3 N–H and O–H groups in total. The average Bonchev–Trinajstić information content (AvgIpc) is 2.66. The zero-order valence-corrected chi connectivity index (χ0v) is 15.0. The molecule has 0 aliphatic carbocycles. The molecule has 0 aliphatic heterocycles. The molecular weight excluding hydrogens is 310 g/mol. The maximum atomic E-state index is 6.01. The van der Waals surface area contributed by atoms with Crippen molar-refractivity contribution in [3.63, 3.8) is 0 Å². The molecule has 0 heterocycles. The molecule has 0 saturated carbocycles. The number of aliphatic imine (C=N–C) groups is 1. The van der Waals surface area contributed by atoms with Gasteiger partial charge in [-0.2, -0.15) is 0 Å². The minimum atomic E-state index is 0.312. The van der Waals surface area contributed by atoms with E-state index < -0.39 is 0 Å². The van der Waals surface area contributed by atoms with Gasteiger partial charge in [0.25, 0.3) is 0 Å². The zero-order valence-electron chi connectivity index (χ0n) is 15.0. The molecule has 0 spiro atoms. The SMILES string of the molecule is CCOCCCNC(N)=NCC(Cc1ccccc1)c1ccccc1. The largest absolute Gasteiger partial charge is 0.382 e. The summed E-state index contributed by atoms with van der Waals surface area (Å²) in [6, 6.07) is 21.0. The van der Waals surface area contributed by atoms with Gasteiger partial charge in [-0.3, -0.25) is 4.99 Å². The van der Waals surface area contributed by atoms with Gasteiger partial charge in [-0.15, -0.1) is 0 Å². The van der Waals surface area contributed by atoms with Crippen molar-refractivity contribution in [2.75, 3.05) is 26.3 Å². The van der Waals surface area contributed by atoms with Crippen LogP contribution in [0.25, 0.3) is 0 Å². The number of rotatable bonds is 10. The Kier molecular flexibility index (Phi) is 8.56. The van der Waals surface area contributed by atoms with Crippen molar-refractivity contribution in [1.82, 2.24) is 5.32 Å². The van der Waals surface area contributed by atoms with Gasteiger partial charge < -0.3 is 15.8 Å². The number of benzene rings is 2. The summed E-state index contributed by atoms with van der Waals surface area (Å²) in [5.74, 6) is 0.817. The molecule has 0 aliphatic rings. The van der Waals surface area contributed by atoms with Gasteiger partial charge in [0, 0.05) is 32.2 Å². The summed E-state index contributed by atoms with van der Waals surface area (Å²) in [5.41, 5.74) is 8.61. The second-order valence-electron chi connectivity index (χ2n) is 6.00. The molecule has 4 heteroatoms. The van der Waals surface area contributed by atoms with Crippen molar-refractivity contribution < 1.29 is 4.74 Å². The summed E-state index contributed by atoms with van der Waals surface area (Å²) in [6.45, 7) is 4.95. The highest BCUT2D eigenvalue weighted by Crippen LogP contribution is 2.21. The van der Waals surface area contributed by atoms with E-state index in [0.29, 0.717) is 18.4 Å². The van der Waals surface area contributed by atoms with Crippen LogP contribution >= 0.6 is 0 Å². The molecule has 0 amide bonds. The van der Waals surface area contributed by atoms with E-state index in [0.717, 1.165) is 32.6 Å². The smallest absolute Gasteiger partial charge is 0.188 e. The van der Waals surface area contributed by atoms with E-state index in [1.165, 1.54) is 11.1 Å². The van der Waals surface area contributed by atoms with Crippen LogP contribution in [0.2, 0.25) is 0 Å². The van der Waals surface area contributed by atoms with Crippen LogP contribution in [0.15, 0.2) is 65.7 Å². The van der Waals surface area contributed by atoms with E-state index in [4.69, 9.17) is 10.5 Å². The third-order valence-electron chi connectivity index (χ3n) is 4.05. The Balaban J connectivity index is 1.93. The zero-order chi connectivity index (χ0) is 17.7. The van der Waals surface area contributed by atoms with Gasteiger partial charge in [0.15, 0.2) is 5.96 Å². The molecule has 2 aromatic rings. The Morgan fingerprint density at radius 2 is 1.76 bits per heavy atom. The fourth-order valence-corrected chi connectivity index (χ4v) is 2.71. The molecule has 25 heavy (non-hydrogen) atoms. The Morgan fingerprint density at radius 1 is 1.08 bits per heavy atom. The fourth-order valence-electron chi connectivity index (χ4n) is 2.71. The lowest BCUT2D eigenvalue weighted by Crippen LogP contribution is -2.33. The first-order valence-electron chi connectivity index (χ1n) is 9.00.